The van der Waals surface area contributed by atoms with E-state index in [9.17, 15) is 4.79 Å². The minimum absolute atomic E-state index is 0.132. The zero-order valence-corrected chi connectivity index (χ0v) is 24.7. The van der Waals surface area contributed by atoms with Gasteiger partial charge in [-0.25, -0.2) is 0 Å². The van der Waals surface area contributed by atoms with Crippen LogP contribution >= 0.6 is 31.2 Å². The Labute approximate surface area is 226 Å². The van der Waals surface area contributed by atoms with Crippen molar-refractivity contribution < 1.29 is 18.4 Å². The van der Waals surface area contributed by atoms with Gasteiger partial charge in [0.25, 0.3) is 0 Å². The first-order chi connectivity index (χ1) is 16.7. The smallest absolute Gasteiger partial charge is 0.316 e. The predicted octanol–water partition coefficient (Wildman–Crippen LogP) is 8.03. The molecule has 0 saturated heterocycles. The largest absolute Gasteiger partial charge is 0.332 e. The topological polar surface area (TPSA) is 44.8 Å². The maximum atomic E-state index is 12.1. The predicted molar refractivity (Wildman–Crippen MR) is 149 cm³/mol. The maximum absolute atomic E-state index is 12.1. The molecular weight excluding hydrogens is 570 g/mol. The van der Waals surface area contributed by atoms with E-state index >= 15 is 0 Å². The maximum Gasteiger partial charge on any atom is 0.332 e. The molecule has 0 amide bonds. The van der Waals surface area contributed by atoms with Gasteiger partial charge in [0.15, 0.2) is 5.78 Å². The monoisotopic (exact) mass is 610 g/mol. The summed E-state index contributed by atoms with van der Waals surface area (Å²) in [7, 11) is 0.331. The van der Waals surface area contributed by atoms with Crippen molar-refractivity contribution in [2.45, 2.75) is 84.2 Å². The molecule has 1 unspecified atom stereocenters. The van der Waals surface area contributed by atoms with Crippen molar-refractivity contribution in [1.82, 2.24) is 0 Å². The SMILES string of the molecule is COP(OCCc1ccccc1I)O[C@@]1(C)CC[C@H]2[C@@H]3CCC4=CC(=O)CC[C@]4(C)[C@H]3CC[C@@]21C. The number of hydrogen-bond donors (Lipinski definition) is 0. The molecule has 6 heteroatoms. The Morgan fingerprint density at radius 1 is 1.03 bits per heavy atom. The zero-order valence-electron chi connectivity index (χ0n) is 21.6. The molecule has 4 nitrogen and oxygen atoms in total. The van der Waals surface area contributed by atoms with E-state index in [1.807, 2.05) is 6.08 Å². The fourth-order valence-electron chi connectivity index (χ4n) is 8.15. The number of fused-ring (bicyclic) bond motifs is 5. The fraction of sp³-hybridized carbons (Fsp3) is 0.690. The van der Waals surface area contributed by atoms with Crippen LogP contribution in [0.1, 0.15) is 77.7 Å². The summed E-state index contributed by atoms with van der Waals surface area (Å²) in [6.45, 7) is 7.86. The number of ketones is 1. The van der Waals surface area contributed by atoms with Gasteiger partial charge in [-0.1, -0.05) is 37.6 Å². The van der Waals surface area contributed by atoms with Crippen LogP contribution < -0.4 is 0 Å². The molecule has 0 aromatic heterocycles. The minimum atomic E-state index is -1.38. The van der Waals surface area contributed by atoms with Crippen LogP contribution in [0.2, 0.25) is 0 Å². The van der Waals surface area contributed by atoms with Gasteiger partial charge in [0, 0.05) is 17.1 Å². The molecule has 35 heavy (non-hydrogen) atoms. The lowest BCUT2D eigenvalue weighted by Gasteiger charge is -2.59. The van der Waals surface area contributed by atoms with Gasteiger partial charge in [0.1, 0.15) is 0 Å². The normalized spacial score (nSPS) is 39.4. The lowest BCUT2D eigenvalue weighted by molar-refractivity contribution is -0.121. The summed E-state index contributed by atoms with van der Waals surface area (Å²) >= 11 is 2.39. The first-order valence-corrected chi connectivity index (χ1v) is 15.5. The number of carbonyl (C=O) groups is 1. The van der Waals surface area contributed by atoms with E-state index in [1.54, 1.807) is 7.11 Å². The molecule has 1 aromatic rings. The molecule has 0 radical (unpaired) electrons. The second-order valence-electron chi connectivity index (χ2n) is 11.9. The number of halogens is 1. The fourth-order valence-corrected chi connectivity index (χ4v) is 9.91. The van der Waals surface area contributed by atoms with Crippen LogP contribution in [-0.2, 0) is 24.8 Å². The molecule has 0 N–H and O–H groups in total. The lowest BCUT2D eigenvalue weighted by Crippen LogP contribution is -2.54. The van der Waals surface area contributed by atoms with Crippen LogP contribution in [0.5, 0.6) is 0 Å². The van der Waals surface area contributed by atoms with Gasteiger partial charge in [-0.2, -0.15) is 0 Å². The third-order valence-electron chi connectivity index (χ3n) is 10.4. The molecule has 5 rings (SSSR count). The Morgan fingerprint density at radius 3 is 2.57 bits per heavy atom. The molecule has 1 aromatic carbocycles. The average Bonchev–Trinajstić information content (AvgIpc) is 3.10. The highest BCUT2D eigenvalue weighted by Gasteiger charge is 2.64. The molecule has 192 valence electrons. The molecule has 0 heterocycles. The van der Waals surface area contributed by atoms with E-state index in [0.29, 0.717) is 24.2 Å². The van der Waals surface area contributed by atoms with Gasteiger partial charge in [0.2, 0.25) is 0 Å². The van der Waals surface area contributed by atoms with E-state index in [1.165, 1.54) is 40.4 Å². The van der Waals surface area contributed by atoms with Gasteiger partial charge in [-0.3, -0.25) is 4.79 Å². The van der Waals surface area contributed by atoms with Crippen molar-refractivity contribution in [2.24, 2.45) is 28.6 Å². The number of carbonyl (C=O) groups excluding carboxylic acids is 1. The van der Waals surface area contributed by atoms with E-state index < -0.39 is 8.60 Å². The van der Waals surface area contributed by atoms with Crippen molar-refractivity contribution in [3.05, 3.63) is 45.0 Å². The highest BCUT2D eigenvalue weighted by atomic mass is 127. The molecule has 3 fully saturated rings. The molecule has 0 bridgehead atoms. The highest BCUT2D eigenvalue weighted by molar-refractivity contribution is 14.1. The second-order valence-corrected chi connectivity index (χ2v) is 14.3. The third-order valence-corrected chi connectivity index (χ3v) is 12.7. The van der Waals surface area contributed by atoms with Crippen LogP contribution in [0.4, 0.5) is 0 Å². The molecule has 4 aliphatic carbocycles. The summed E-state index contributed by atoms with van der Waals surface area (Å²) in [5.74, 6) is 2.43. The number of benzene rings is 1. The first-order valence-electron chi connectivity index (χ1n) is 13.3. The quantitative estimate of drug-likeness (QED) is 0.232. The van der Waals surface area contributed by atoms with Gasteiger partial charge in [-0.05, 0) is 127 Å². The van der Waals surface area contributed by atoms with Crippen LogP contribution in [0.3, 0.4) is 0 Å². The lowest BCUT2D eigenvalue weighted by atomic mass is 9.46. The number of rotatable bonds is 7. The Kier molecular flexibility index (Phi) is 7.58. The van der Waals surface area contributed by atoms with Crippen molar-refractivity contribution in [2.75, 3.05) is 13.7 Å². The van der Waals surface area contributed by atoms with Crippen LogP contribution in [0.25, 0.3) is 0 Å². The van der Waals surface area contributed by atoms with Gasteiger partial charge >= 0.3 is 8.60 Å². The van der Waals surface area contributed by atoms with Crippen LogP contribution in [-0.4, -0.2) is 25.1 Å². The summed E-state index contributed by atoms with van der Waals surface area (Å²) < 4.78 is 20.0. The Morgan fingerprint density at radius 2 is 1.80 bits per heavy atom. The molecular formula is C29H40IO4P. The summed E-state index contributed by atoms with van der Waals surface area (Å²) in [6, 6.07) is 8.45. The van der Waals surface area contributed by atoms with E-state index in [0.717, 1.165) is 38.0 Å². The minimum Gasteiger partial charge on any atom is -0.316 e. The van der Waals surface area contributed by atoms with Gasteiger partial charge < -0.3 is 13.6 Å². The van der Waals surface area contributed by atoms with Gasteiger partial charge in [0.05, 0.1) is 12.2 Å². The van der Waals surface area contributed by atoms with E-state index in [4.69, 9.17) is 13.6 Å². The Hall–Kier alpha value is -0.330. The molecule has 7 atom stereocenters. The summed E-state index contributed by atoms with van der Waals surface area (Å²) in [5, 5.41) is 0. The van der Waals surface area contributed by atoms with Crippen LogP contribution in [0, 0.1) is 32.2 Å². The Balaban J connectivity index is 1.27. The second kappa shape index (κ2) is 10.1. The number of hydrogen-bond acceptors (Lipinski definition) is 4. The van der Waals surface area contributed by atoms with Crippen molar-refractivity contribution in [3.8, 4) is 0 Å². The van der Waals surface area contributed by atoms with Crippen molar-refractivity contribution in [3.63, 3.8) is 0 Å². The van der Waals surface area contributed by atoms with E-state index in [-0.39, 0.29) is 16.4 Å². The van der Waals surface area contributed by atoms with Crippen LogP contribution in [0.15, 0.2) is 35.9 Å². The molecule has 4 aliphatic rings. The summed E-state index contributed by atoms with van der Waals surface area (Å²) in [4.78, 5) is 12.1. The standard InChI is InChI=1S/C29H40IO4P/c1-27-15-11-22(31)19-21(27)9-10-23-24(27)12-16-28(2)25(23)13-17-29(28,3)34-35(32-4)33-18-14-20-7-5-6-8-26(20)30/h5-8,19,23-25H,9-18H2,1-4H3/t23-,24+,25+,27+,28+,29+,35?/m1/s1. The molecule has 0 aliphatic heterocycles. The summed E-state index contributed by atoms with van der Waals surface area (Å²) in [5.41, 5.74) is 2.87. The summed E-state index contributed by atoms with van der Waals surface area (Å²) in [6.07, 6.45) is 11.7. The molecule has 3 saturated carbocycles. The van der Waals surface area contributed by atoms with Gasteiger partial charge in [-0.15, -0.1) is 0 Å². The first kappa shape index (κ1) is 26.3. The number of allylic oxidation sites excluding steroid dienone is 1. The highest BCUT2D eigenvalue weighted by Crippen LogP contribution is 2.69. The third kappa shape index (κ3) is 4.60. The van der Waals surface area contributed by atoms with Crippen molar-refractivity contribution >= 4 is 37.0 Å². The van der Waals surface area contributed by atoms with E-state index in [2.05, 4.69) is 67.6 Å². The molecule has 0 spiro atoms. The average molecular weight is 611 g/mol. The Bertz CT molecular complexity index is 997. The van der Waals surface area contributed by atoms with Crippen molar-refractivity contribution in [1.29, 1.82) is 0 Å². The zero-order chi connectivity index (χ0) is 24.8.